The number of nitrogens with one attached hydrogen (secondary N) is 1. The first-order valence-corrected chi connectivity index (χ1v) is 4.08. The molecule has 1 aromatic rings. The van der Waals surface area contributed by atoms with Crippen LogP contribution in [0.2, 0.25) is 0 Å². The Kier molecular flexibility index (Phi) is 1.92. The molecule has 0 aromatic carbocycles. The lowest BCUT2D eigenvalue weighted by molar-refractivity contribution is 0.0594. The Morgan fingerprint density at radius 2 is 2.43 bits per heavy atom. The van der Waals surface area contributed by atoms with Crippen LogP contribution in [0.25, 0.3) is 0 Å². The summed E-state index contributed by atoms with van der Waals surface area (Å²) in [6.45, 7) is 0.475. The molecule has 5 nitrogen and oxygen atoms in total. The number of pyridine rings is 1. The summed E-state index contributed by atoms with van der Waals surface area (Å²) < 4.78 is 4.50. The van der Waals surface area contributed by atoms with Crippen LogP contribution in [0.1, 0.15) is 26.4 Å². The Balaban J connectivity index is 2.44. The number of rotatable bonds is 1. The van der Waals surface area contributed by atoms with Gasteiger partial charge in [0.1, 0.15) is 5.69 Å². The zero-order valence-corrected chi connectivity index (χ0v) is 7.53. The van der Waals surface area contributed by atoms with Crippen molar-refractivity contribution in [1.29, 1.82) is 0 Å². The average Bonchev–Trinajstić information content (AvgIpc) is 2.59. The third kappa shape index (κ3) is 1.22. The Hall–Kier alpha value is -1.91. The maximum absolute atomic E-state index is 11.2. The van der Waals surface area contributed by atoms with Crippen LogP contribution >= 0.6 is 0 Å². The highest BCUT2D eigenvalue weighted by atomic mass is 16.5. The van der Waals surface area contributed by atoms with Gasteiger partial charge in [0.25, 0.3) is 5.91 Å². The minimum Gasteiger partial charge on any atom is -0.464 e. The van der Waals surface area contributed by atoms with Crippen molar-refractivity contribution in [3.8, 4) is 0 Å². The number of carbonyl (C=O) groups is 2. The molecule has 14 heavy (non-hydrogen) atoms. The van der Waals surface area contributed by atoms with Gasteiger partial charge in [0.05, 0.1) is 7.11 Å². The van der Waals surface area contributed by atoms with Gasteiger partial charge in [-0.25, -0.2) is 9.78 Å². The Labute approximate surface area is 80.1 Å². The molecule has 72 valence electrons. The second-order valence-corrected chi connectivity index (χ2v) is 2.90. The van der Waals surface area contributed by atoms with Gasteiger partial charge in [-0.1, -0.05) is 0 Å². The molecular weight excluding hydrogens is 184 g/mol. The first kappa shape index (κ1) is 8.68. The van der Waals surface area contributed by atoms with Crippen LogP contribution in [0.15, 0.2) is 12.3 Å². The minimum absolute atomic E-state index is 0.156. The van der Waals surface area contributed by atoms with E-state index in [-0.39, 0.29) is 11.6 Å². The summed E-state index contributed by atoms with van der Waals surface area (Å²) in [6, 6.07) is 1.45. The maximum Gasteiger partial charge on any atom is 0.356 e. The number of ether oxygens (including phenoxy) is 1. The number of hydrogen-bond acceptors (Lipinski definition) is 4. The van der Waals surface area contributed by atoms with Crippen LogP contribution in [-0.2, 0) is 11.3 Å². The molecule has 2 heterocycles. The second kappa shape index (κ2) is 3.10. The van der Waals surface area contributed by atoms with Crippen molar-refractivity contribution >= 4 is 11.9 Å². The van der Waals surface area contributed by atoms with E-state index in [9.17, 15) is 9.59 Å². The van der Waals surface area contributed by atoms with E-state index < -0.39 is 5.97 Å². The van der Waals surface area contributed by atoms with Crippen LogP contribution < -0.4 is 5.32 Å². The van der Waals surface area contributed by atoms with Gasteiger partial charge in [0.2, 0.25) is 0 Å². The molecule has 0 radical (unpaired) electrons. The summed E-state index contributed by atoms with van der Waals surface area (Å²) in [5, 5.41) is 2.64. The lowest BCUT2D eigenvalue weighted by Crippen LogP contribution is -2.13. The van der Waals surface area contributed by atoms with Crippen LogP contribution in [0, 0.1) is 0 Å². The zero-order chi connectivity index (χ0) is 10.1. The quantitative estimate of drug-likeness (QED) is 0.641. The molecule has 0 spiro atoms. The van der Waals surface area contributed by atoms with E-state index >= 15 is 0 Å². The molecule has 0 fully saturated rings. The number of aromatic nitrogens is 1. The molecule has 0 bridgehead atoms. The van der Waals surface area contributed by atoms with E-state index in [1.807, 2.05) is 0 Å². The van der Waals surface area contributed by atoms with Gasteiger partial charge in [-0.15, -0.1) is 0 Å². The summed E-state index contributed by atoms with van der Waals surface area (Å²) in [6.07, 6.45) is 1.51. The molecule has 0 aliphatic carbocycles. The third-order valence-corrected chi connectivity index (χ3v) is 2.07. The molecule has 0 atom stereocenters. The zero-order valence-electron chi connectivity index (χ0n) is 7.53. The number of nitrogens with zero attached hydrogens (tertiary/aromatic N) is 1. The normalized spacial score (nSPS) is 13.4. The van der Waals surface area contributed by atoms with Crippen molar-refractivity contribution in [1.82, 2.24) is 10.3 Å². The fourth-order valence-electron chi connectivity index (χ4n) is 1.32. The van der Waals surface area contributed by atoms with Gasteiger partial charge in [-0.2, -0.15) is 0 Å². The first-order chi connectivity index (χ1) is 6.72. The van der Waals surface area contributed by atoms with Gasteiger partial charge in [-0.05, 0) is 6.07 Å². The molecule has 1 amide bonds. The predicted octanol–water partition coefficient (Wildman–Crippen LogP) is 0.112. The molecule has 1 aromatic heterocycles. The highest BCUT2D eigenvalue weighted by molar-refractivity contribution is 6.00. The summed E-state index contributed by atoms with van der Waals surface area (Å²) >= 11 is 0. The van der Waals surface area contributed by atoms with Crippen LogP contribution in [-0.4, -0.2) is 24.0 Å². The number of amides is 1. The van der Waals surface area contributed by atoms with Crippen molar-refractivity contribution in [2.45, 2.75) is 6.54 Å². The number of fused-ring (bicyclic) bond motifs is 1. The maximum atomic E-state index is 11.2. The standard InChI is InChI=1S/C9H8N2O3/c1-14-9(13)7-2-6-5(3-10-7)4-11-8(6)12/h2-3H,4H2,1H3,(H,11,12). The fourth-order valence-corrected chi connectivity index (χ4v) is 1.32. The van der Waals surface area contributed by atoms with E-state index in [0.29, 0.717) is 12.1 Å². The second-order valence-electron chi connectivity index (χ2n) is 2.90. The molecule has 0 saturated carbocycles. The number of methoxy groups -OCH3 is 1. The van der Waals surface area contributed by atoms with Crippen LogP contribution in [0.5, 0.6) is 0 Å². The predicted molar refractivity (Wildman–Crippen MR) is 46.7 cm³/mol. The van der Waals surface area contributed by atoms with Gasteiger partial charge in [0.15, 0.2) is 0 Å². The molecule has 2 rings (SSSR count). The lowest BCUT2D eigenvalue weighted by atomic mass is 10.1. The van der Waals surface area contributed by atoms with Crippen LogP contribution in [0.3, 0.4) is 0 Å². The lowest BCUT2D eigenvalue weighted by Gasteiger charge is -1.99. The molecule has 1 aliphatic heterocycles. The van der Waals surface area contributed by atoms with Crippen LogP contribution in [0.4, 0.5) is 0 Å². The summed E-state index contributed by atoms with van der Waals surface area (Å²) in [5.41, 5.74) is 1.46. The summed E-state index contributed by atoms with van der Waals surface area (Å²) in [4.78, 5) is 26.2. The van der Waals surface area contributed by atoms with Gasteiger partial charge in [0, 0.05) is 23.9 Å². The van der Waals surface area contributed by atoms with E-state index in [4.69, 9.17) is 0 Å². The van der Waals surface area contributed by atoms with E-state index in [1.54, 1.807) is 0 Å². The summed E-state index contributed by atoms with van der Waals surface area (Å²) in [5.74, 6) is -0.708. The van der Waals surface area contributed by atoms with Crippen molar-refractivity contribution < 1.29 is 14.3 Å². The van der Waals surface area contributed by atoms with E-state index in [1.165, 1.54) is 19.4 Å². The van der Waals surface area contributed by atoms with Crippen molar-refractivity contribution in [3.63, 3.8) is 0 Å². The molecule has 1 N–H and O–H groups in total. The van der Waals surface area contributed by atoms with Gasteiger partial charge in [-0.3, -0.25) is 4.79 Å². The highest BCUT2D eigenvalue weighted by Gasteiger charge is 2.21. The molecule has 0 unspecified atom stereocenters. The molecular formula is C9H8N2O3. The summed E-state index contributed by atoms with van der Waals surface area (Å²) in [7, 11) is 1.28. The number of carbonyl (C=O) groups excluding carboxylic acids is 2. The van der Waals surface area contributed by atoms with Gasteiger partial charge >= 0.3 is 5.97 Å². The molecule has 0 saturated heterocycles. The monoisotopic (exact) mass is 192 g/mol. The van der Waals surface area contributed by atoms with E-state index in [0.717, 1.165) is 5.56 Å². The molecule has 5 heteroatoms. The topological polar surface area (TPSA) is 68.3 Å². The van der Waals surface area contributed by atoms with E-state index in [2.05, 4.69) is 15.0 Å². The van der Waals surface area contributed by atoms with Gasteiger partial charge < -0.3 is 10.1 Å². The Morgan fingerprint density at radius 1 is 1.64 bits per heavy atom. The molecule has 1 aliphatic rings. The average molecular weight is 192 g/mol. The van der Waals surface area contributed by atoms with Crippen molar-refractivity contribution in [2.24, 2.45) is 0 Å². The Bertz CT molecular complexity index is 415. The number of esters is 1. The minimum atomic E-state index is -0.535. The largest absolute Gasteiger partial charge is 0.464 e. The third-order valence-electron chi connectivity index (χ3n) is 2.07. The van der Waals surface area contributed by atoms with Crippen molar-refractivity contribution in [3.05, 3.63) is 29.1 Å². The number of hydrogen-bond donors (Lipinski definition) is 1. The van der Waals surface area contributed by atoms with Crippen molar-refractivity contribution in [2.75, 3.05) is 7.11 Å². The SMILES string of the molecule is COC(=O)c1cc2c(cn1)CNC2=O. The Morgan fingerprint density at radius 3 is 3.14 bits per heavy atom. The highest BCUT2D eigenvalue weighted by Crippen LogP contribution is 2.15. The fraction of sp³-hybridized carbons (Fsp3) is 0.222. The smallest absolute Gasteiger partial charge is 0.356 e. The first-order valence-electron chi connectivity index (χ1n) is 4.08.